The Morgan fingerprint density at radius 2 is 1.81 bits per heavy atom. The molecular formula is C19H21NS. The Balaban J connectivity index is 2.08. The number of fused-ring (bicyclic) bond motifs is 1. The van der Waals surface area contributed by atoms with Gasteiger partial charge < -0.3 is 5.32 Å². The molecule has 1 nitrogen and oxygen atoms in total. The Bertz CT molecular complexity index is 729. The summed E-state index contributed by atoms with van der Waals surface area (Å²) in [5.74, 6) is 0. The summed E-state index contributed by atoms with van der Waals surface area (Å²) in [5.41, 5.74) is 4.08. The fraction of sp³-hybridized carbons (Fsp3) is 0.263. The minimum atomic E-state index is 0.372. The second-order valence-electron chi connectivity index (χ2n) is 5.41. The van der Waals surface area contributed by atoms with Gasteiger partial charge in [-0.1, -0.05) is 49.4 Å². The number of nitrogens with one attached hydrogen (secondary N) is 1. The summed E-state index contributed by atoms with van der Waals surface area (Å²) in [5, 5.41) is 7.11. The van der Waals surface area contributed by atoms with Crippen molar-refractivity contribution in [3.05, 3.63) is 59.5 Å². The highest BCUT2D eigenvalue weighted by Gasteiger charge is 2.13. The molecule has 0 radical (unpaired) electrons. The molecule has 108 valence electrons. The second kappa shape index (κ2) is 6.42. The van der Waals surface area contributed by atoms with E-state index in [1.54, 1.807) is 0 Å². The van der Waals surface area contributed by atoms with Gasteiger partial charge in [-0.2, -0.15) is 0 Å². The van der Waals surface area contributed by atoms with Gasteiger partial charge in [0.1, 0.15) is 0 Å². The van der Waals surface area contributed by atoms with Gasteiger partial charge in [-0.15, -0.1) is 11.3 Å². The Hall–Kier alpha value is -1.64. The van der Waals surface area contributed by atoms with E-state index in [4.69, 9.17) is 0 Å². The summed E-state index contributed by atoms with van der Waals surface area (Å²) in [6.07, 6.45) is 1.16. The van der Waals surface area contributed by atoms with Crippen LogP contribution in [0.4, 0.5) is 0 Å². The van der Waals surface area contributed by atoms with E-state index in [-0.39, 0.29) is 0 Å². The third kappa shape index (κ3) is 2.87. The molecule has 2 heteroatoms. The van der Waals surface area contributed by atoms with Gasteiger partial charge in [-0.05, 0) is 53.4 Å². The molecule has 0 aliphatic carbocycles. The average Bonchev–Trinajstić information content (AvgIpc) is 3.01. The van der Waals surface area contributed by atoms with Crippen molar-refractivity contribution in [3.8, 4) is 11.1 Å². The molecule has 1 atom stereocenters. The van der Waals surface area contributed by atoms with E-state index in [1.807, 2.05) is 11.3 Å². The topological polar surface area (TPSA) is 12.0 Å². The molecule has 0 fully saturated rings. The summed E-state index contributed by atoms with van der Waals surface area (Å²) in [7, 11) is 0. The molecule has 1 N–H and O–H groups in total. The Labute approximate surface area is 130 Å². The van der Waals surface area contributed by atoms with Gasteiger partial charge in [0.05, 0.1) is 0 Å². The zero-order valence-electron chi connectivity index (χ0n) is 12.6. The zero-order valence-corrected chi connectivity index (χ0v) is 13.4. The molecule has 1 unspecified atom stereocenters. The highest BCUT2D eigenvalue weighted by molar-refractivity contribution is 7.17. The van der Waals surface area contributed by atoms with Crippen molar-refractivity contribution in [3.63, 3.8) is 0 Å². The lowest BCUT2D eigenvalue weighted by atomic mass is 9.95. The van der Waals surface area contributed by atoms with Gasteiger partial charge in [0, 0.05) is 10.7 Å². The molecule has 0 saturated heterocycles. The minimum absolute atomic E-state index is 0.372. The van der Waals surface area contributed by atoms with Gasteiger partial charge in [0.2, 0.25) is 0 Å². The molecule has 0 aliphatic rings. The van der Waals surface area contributed by atoms with Crippen LogP contribution in [0.3, 0.4) is 0 Å². The SMILES string of the molecule is CCCNC(C)c1ccccc1-c1cccc2ccsc12. The van der Waals surface area contributed by atoms with Crippen molar-refractivity contribution >= 4 is 21.4 Å². The molecule has 1 heterocycles. The Morgan fingerprint density at radius 1 is 1.00 bits per heavy atom. The van der Waals surface area contributed by atoms with Crippen LogP contribution in [0.25, 0.3) is 21.2 Å². The molecule has 0 spiro atoms. The summed E-state index contributed by atoms with van der Waals surface area (Å²) in [6.45, 7) is 5.51. The fourth-order valence-corrected chi connectivity index (χ4v) is 3.72. The molecule has 2 aromatic carbocycles. The number of rotatable bonds is 5. The van der Waals surface area contributed by atoms with E-state index >= 15 is 0 Å². The number of hydrogen-bond acceptors (Lipinski definition) is 2. The van der Waals surface area contributed by atoms with E-state index in [0.717, 1.165) is 13.0 Å². The Morgan fingerprint density at radius 3 is 2.67 bits per heavy atom. The lowest BCUT2D eigenvalue weighted by Gasteiger charge is -2.18. The lowest BCUT2D eigenvalue weighted by molar-refractivity contribution is 0.572. The summed E-state index contributed by atoms with van der Waals surface area (Å²) >= 11 is 1.83. The van der Waals surface area contributed by atoms with Gasteiger partial charge in [-0.3, -0.25) is 0 Å². The smallest absolute Gasteiger partial charge is 0.0421 e. The van der Waals surface area contributed by atoms with Crippen LogP contribution >= 0.6 is 11.3 Å². The van der Waals surface area contributed by atoms with Gasteiger partial charge >= 0.3 is 0 Å². The first-order chi connectivity index (χ1) is 10.3. The monoisotopic (exact) mass is 295 g/mol. The maximum absolute atomic E-state index is 3.60. The lowest BCUT2D eigenvalue weighted by Crippen LogP contribution is -2.19. The first-order valence-corrected chi connectivity index (χ1v) is 8.48. The molecular weight excluding hydrogens is 274 g/mol. The maximum atomic E-state index is 3.60. The minimum Gasteiger partial charge on any atom is -0.310 e. The Kier molecular flexibility index (Phi) is 4.37. The number of thiophene rings is 1. The first kappa shape index (κ1) is 14.3. The van der Waals surface area contributed by atoms with E-state index in [9.17, 15) is 0 Å². The highest BCUT2D eigenvalue weighted by atomic mass is 32.1. The molecule has 0 bridgehead atoms. The maximum Gasteiger partial charge on any atom is 0.0421 e. The third-order valence-electron chi connectivity index (χ3n) is 3.90. The fourth-order valence-electron chi connectivity index (χ4n) is 2.80. The van der Waals surface area contributed by atoms with Crippen molar-refractivity contribution in [1.82, 2.24) is 5.32 Å². The zero-order chi connectivity index (χ0) is 14.7. The van der Waals surface area contributed by atoms with Crippen molar-refractivity contribution < 1.29 is 0 Å². The predicted molar refractivity (Wildman–Crippen MR) is 94.0 cm³/mol. The summed E-state index contributed by atoms with van der Waals surface area (Å²) < 4.78 is 1.38. The summed E-state index contributed by atoms with van der Waals surface area (Å²) in [4.78, 5) is 0. The van der Waals surface area contributed by atoms with Crippen LogP contribution in [0.1, 0.15) is 31.9 Å². The third-order valence-corrected chi connectivity index (χ3v) is 4.86. The van der Waals surface area contributed by atoms with E-state index in [0.29, 0.717) is 6.04 Å². The van der Waals surface area contributed by atoms with Crippen LogP contribution < -0.4 is 5.32 Å². The van der Waals surface area contributed by atoms with Crippen molar-refractivity contribution in [2.24, 2.45) is 0 Å². The number of benzene rings is 2. The van der Waals surface area contributed by atoms with Gasteiger partial charge in [0.15, 0.2) is 0 Å². The second-order valence-corrected chi connectivity index (χ2v) is 6.32. The first-order valence-electron chi connectivity index (χ1n) is 7.60. The normalized spacial score (nSPS) is 12.7. The van der Waals surface area contributed by atoms with Crippen LogP contribution in [0, 0.1) is 0 Å². The molecule has 21 heavy (non-hydrogen) atoms. The molecule has 0 saturated carbocycles. The van der Waals surface area contributed by atoms with Crippen LogP contribution in [0.15, 0.2) is 53.9 Å². The summed E-state index contributed by atoms with van der Waals surface area (Å²) in [6, 6.07) is 17.9. The largest absolute Gasteiger partial charge is 0.310 e. The molecule has 3 aromatic rings. The average molecular weight is 295 g/mol. The standard InChI is InChI=1S/C19H21NS/c1-3-12-20-14(2)16-8-4-5-9-17(16)18-10-6-7-15-11-13-21-19(15)18/h4-11,13-14,20H,3,12H2,1-2H3. The highest BCUT2D eigenvalue weighted by Crippen LogP contribution is 2.36. The van der Waals surface area contributed by atoms with Crippen LogP contribution in [0.2, 0.25) is 0 Å². The van der Waals surface area contributed by atoms with Crippen molar-refractivity contribution in [1.29, 1.82) is 0 Å². The van der Waals surface area contributed by atoms with Crippen LogP contribution in [-0.4, -0.2) is 6.54 Å². The van der Waals surface area contributed by atoms with Crippen LogP contribution in [-0.2, 0) is 0 Å². The molecule has 3 rings (SSSR count). The molecule has 1 aromatic heterocycles. The molecule has 0 aliphatic heterocycles. The van der Waals surface area contributed by atoms with Crippen LogP contribution in [0.5, 0.6) is 0 Å². The van der Waals surface area contributed by atoms with Crippen molar-refractivity contribution in [2.75, 3.05) is 6.54 Å². The van der Waals surface area contributed by atoms with E-state index in [2.05, 4.69) is 73.1 Å². The van der Waals surface area contributed by atoms with Gasteiger partial charge in [-0.25, -0.2) is 0 Å². The van der Waals surface area contributed by atoms with Gasteiger partial charge in [0.25, 0.3) is 0 Å². The predicted octanol–water partition coefficient (Wildman–Crippen LogP) is 5.63. The van der Waals surface area contributed by atoms with E-state index < -0.39 is 0 Å². The molecule has 0 amide bonds. The van der Waals surface area contributed by atoms with E-state index in [1.165, 1.54) is 26.8 Å². The quantitative estimate of drug-likeness (QED) is 0.643. The van der Waals surface area contributed by atoms with Crippen molar-refractivity contribution in [2.45, 2.75) is 26.3 Å². The number of hydrogen-bond donors (Lipinski definition) is 1.